The quantitative estimate of drug-likeness (QED) is 0.727. The smallest absolute Gasteiger partial charge is 0.340 e. The molecule has 1 unspecified atom stereocenters. The lowest BCUT2D eigenvalue weighted by Crippen LogP contribution is -2.27. The van der Waals surface area contributed by atoms with E-state index in [-0.39, 0.29) is 29.6 Å². The number of carbonyl (C=O) groups is 2. The third-order valence-corrected chi connectivity index (χ3v) is 3.11. The third kappa shape index (κ3) is 3.46. The Hall–Kier alpha value is -1.65. The summed E-state index contributed by atoms with van der Waals surface area (Å²) in [6.07, 6.45) is 0.483. The number of halogens is 1. The summed E-state index contributed by atoms with van der Waals surface area (Å²) < 4.78 is 23.8. The van der Waals surface area contributed by atoms with Crippen LogP contribution < -0.4 is 0 Å². The lowest BCUT2D eigenvalue weighted by atomic mass is 9.81. The molecule has 0 aromatic heterocycles. The van der Waals surface area contributed by atoms with E-state index in [4.69, 9.17) is 9.47 Å². The topological polar surface area (TPSA) is 52.6 Å². The molecular formula is C15H21FO4. The number of ether oxygens (including phenoxy) is 2. The van der Waals surface area contributed by atoms with Crippen molar-refractivity contribution in [1.29, 1.82) is 0 Å². The highest BCUT2D eigenvalue weighted by Crippen LogP contribution is 2.38. The maximum Gasteiger partial charge on any atom is 0.340 e. The molecule has 1 atom stereocenters. The van der Waals surface area contributed by atoms with Gasteiger partial charge in [-0.2, -0.15) is 4.39 Å². The second-order valence-electron chi connectivity index (χ2n) is 5.22. The highest BCUT2D eigenvalue weighted by atomic mass is 19.1. The van der Waals surface area contributed by atoms with E-state index in [1.165, 1.54) is 13.8 Å². The zero-order chi connectivity index (χ0) is 15.4. The van der Waals surface area contributed by atoms with Crippen molar-refractivity contribution in [2.75, 3.05) is 6.61 Å². The van der Waals surface area contributed by atoms with Gasteiger partial charge >= 0.3 is 5.97 Å². The highest BCUT2D eigenvalue weighted by Gasteiger charge is 2.38. The fraction of sp³-hybridized carbons (Fsp3) is 0.600. The first-order valence-corrected chi connectivity index (χ1v) is 6.75. The number of esters is 1. The Balaban J connectivity index is 3.27. The maximum absolute atomic E-state index is 14.0. The van der Waals surface area contributed by atoms with Crippen molar-refractivity contribution in [2.45, 2.75) is 41.0 Å². The molecule has 0 aliphatic carbocycles. The van der Waals surface area contributed by atoms with Crippen molar-refractivity contribution in [3.05, 3.63) is 22.9 Å². The summed E-state index contributed by atoms with van der Waals surface area (Å²) in [5, 5.41) is 0. The van der Waals surface area contributed by atoms with E-state index in [1.54, 1.807) is 6.92 Å². The molecule has 0 radical (unpaired) electrons. The van der Waals surface area contributed by atoms with E-state index in [0.29, 0.717) is 12.0 Å². The molecule has 1 heterocycles. The first-order chi connectivity index (χ1) is 9.29. The van der Waals surface area contributed by atoms with E-state index in [2.05, 4.69) is 0 Å². The molecule has 4 nitrogen and oxygen atoms in total. The molecule has 0 saturated carbocycles. The monoisotopic (exact) mass is 284 g/mol. The zero-order valence-corrected chi connectivity index (χ0v) is 12.6. The summed E-state index contributed by atoms with van der Waals surface area (Å²) in [7, 11) is 0. The second kappa shape index (κ2) is 6.68. The van der Waals surface area contributed by atoms with E-state index in [9.17, 15) is 14.0 Å². The SMILES string of the molecule is CCOC(=O)C1=C(F)OC(C)=C(C(C)=O)C1CC(C)C. The summed E-state index contributed by atoms with van der Waals surface area (Å²) in [5.41, 5.74) is 0.166. The average molecular weight is 284 g/mol. The fourth-order valence-electron chi connectivity index (χ4n) is 2.40. The van der Waals surface area contributed by atoms with Crippen molar-refractivity contribution in [3.63, 3.8) is 0 Å². The number of hydrogen-bond acceptors (Lipinski definition) is 4. The minimum Gasteiger partial charge on any atom is -0.462 e. The molecule has 112 valence electrons. The Morgan fingerprint density at radius 1 is 1.35 bits per heavy atom. The Kier molecular flexibility index (Phi) is 5.48. The molecule has 20 heavy (non-hydrogen) atoms. The lowest BCUT2D eigenvalue weighted by molar-refractivity contribution is -0.139. The van der Waals surface area contributed by atoms with Gasteiger partial charge in [-0.1, -0.05) is 13.8 Å². The normalized spacial score (nSPS) is 19.2. The standard InChI is InChI=1S/C15H21FO4/c1-6-19-15(18)13-11(7-8(2)3)12(9(4)17)10(5)20-14(13)16/h8,11H,6-7H2,1-5H3. The highest BCUT2D eigenvalue weighted by molar-refractivity contribution is 5.99. The van der Waals surface area contributed by atoms with E-state index in [0.717, 1.165) is 0 Å². The number of Topliss-reactive ketones (excluding diaryl/α,β-unsaturated/α-hetero) is 1. The van der Waals surface area contributed by atoms with Gasteiger partial charge in [-0.15, -0.1) is 0 Å². The van der Waals surface area contributed by atoms with Crippen LogP contribution in [0, 0.1) is 11.8 Å². The molecule has 0 spiro atoms. The number of hydrogen-bond donors (Lipinski definition) is 0. The van der Waals surface area contributed by atoms with Crippen LogP contribution in [0.1, 0.15) is 41.0 Å². The van der Waals surface area contributed by atoms with Gasteiger partial charge in [0.2, 0.25) is 0 Å². The average Bonchev–Trinajstić information content (AvgIpc) is 2.26. The van der Waals surface area contributed by atoms with Crippen LogP contribution in [0.2, 0.25) is 0 Å². The van der Waals surface area contributed by atoms with E-state index < -0.39 is 17.9 Å². The van der Waals surface area contributed by atoms with Crippen LogP contribution in [-0.2, 0) is 19.1 Å². The summed E-state index contributed by atoms with van der Waals surface area (Å²) in [6, 6.07) is -0.961. The molecule has 0 N–H and O–H groups in total. The van der Waals surface area contributed by atoms with Gasteiger partial charge in [-0.05, 0) is 33.1 Å². The van der Waals surface area contributed by atoms with Crippen molar-refractivity contribution >= 4 is 11.8 Å². The third-order valence-electron chi connectivity index (χ3n) is 3.11. The molecule has 0 aromatic carbocycles. The van der Waals surface area contributed by atoms with E-state index in [1.807, 2.05) is 13.8 Å². The van der Waals surface area contributed by atoms with Gasteiger partial charge in [0, 0.05) is 11.5 Å². The van der Waals surface area contributed by atoms with Crippen molar-refractivity contribution < 1.29 is 23.5 Å². The van der Waals surface area contributed by atoms with Crippen LogP contribution in [0.3, 0.4) is 0 Å². The van der Waals surface area contributed by atoms with Gasteiger partial charge in [-0.3, -0.25) is 4.79 Å². The van der Waals surface area contributed by atoms with Gasteiger partial charge in [0.1, 0.15) is 11.3 Å². The summed E-state index contributed by atoms with van der Waals surface area (Å²) in [6.45, 7) is 8.60. The number of allylic oxidation sites excluding steroid dienone is 2. The van der Waals surface area contributed by atoms with Crippen LogP contribution in [0.25, 0.3) is 0 Å². The molecular weight excluding hydrogens is 263 g/mol. The molecule has 1 aliphatic heterocycles. The molecule has 0 aromatic rings. The Bertz CT molecular complexity index is 474. The van der Waals surface area contributed by atoms with Crippen LogP contribution in [0.4, 0.5) is 4.39 Å². The predicted octanol–water partition coefficient (Wildman–Crippen LogP) is 3.29. The molecule has 5 heteroatoms. The Labute approximate surface area is 118 Å². The number of ketones is 1. The van der Waals surface area contributed by atoms with Crippen molar-refractivity contribution in [1.82, 2.24) is 0 Å². The van der Waals surface area contributed by atoms with Crippen molar-refractivity contribution in [2.24, 2.45) is 11.8 Å². The number of rotatable bonds is 5. The van der Waals surface area contributed by atoms with Crippen LogP contribution in [0.5, 0.6) is 0 Å². The first kappa shape index (κ1) is 16.4. The van der Waals surface area contributed by atoms with Gasteiger partial charge < -0.3 is 9.47 Å². The minimum atomic E-state index is -0.961. The molecule has 1 aliphatic rings. The van der Waals surface area contributed by atoms with Gasteiger partial charge in [0.15, 0.2) is 5.78 Å². The molecule has 0 amide bonds. The molecule has 1 rings (SSSR count). The minimum absolute atomic E-state index is 0.141. The van der Waals surface area contributed by atoms with Gasteiger partial charge in [0.25, 0.3) is 6.01 Å². The Morgan fingerprint density at radius 2 is 1.95 bits per heavy atom. The van der Waals surface area contributed by atoms with Crippen LogP contribution in [0.15, 0.2) is 22.9 Å². The van der Waals surface area contributed by atoms with Crippen LogP contribution in [-0.4, -0.2) is 18.4 Å². The molecule has 0 bridgehead atoms. The van der Waals surface area contributed by atoms with Crippen molar-refractivity contribution in [3.8, 4) is 0 Å². The number of carbonyl (C=O) groups excluding carboxylic acids is 2. The second-order valence-corrected chi connectivity index (χ2v) is 5.22. The Morgan fingerprint density at radius 3 is 2.40 bits per heavy atom. The van der Waals surface area contributed by atoms with Gasteiger partial charge in [0.05, 0.1) is 6.61 Å². The van der Waals surface area contributed by atoms with Gasteiger partial charge in [-0.25, -0.2) is 4.79 Å². The fourth-order valence-corrected chi connectivity index (χ4v) is 2.40. The first-order valence-electron chi connectivity index (χ1n) is 6.75. The summed E-state index contributed by atoms with van der Waals surface area (Å²) in [4.78, 5) is 23.7. The molecule has 0 fully saturated rings. The maximum atomic E-state index is 14.0. The molecule has 0 saturated heterocycles. The lowest BCUT2D eigenvalue weighted by Gasteiger charge is -2.28. The summed E-state index contributed by atoms with van der Waals surface area (Å²) >= 11 is 0. The largest absolute Gasteiger partial charge is 0.462 e. The predicted molar refractivity (Wildman–Crippen MR) is 72.2 cm³/mol. The zero-order valence-electron chi connectivity index (χ0n) is 12.6. The summed E-state index contributed by atoms with van der Waals surface area (Å²) in [5.74, 6) is -1.18. The van der Waals surface area contributed by atoms with E-state index >= 15 is 0 Å². The van der Waals surface area contributed by atoms with Crippen LogP contribution >= 0.6 is 0 Å².